The third-order valence-electron chi connectivity index (χ3n) is 1.06. The zero-order valence-corrected chi connectivity index (χ0v) is 6.09. The minimum absolute atomic E-state index is 0.106. The average molecular weight is 172 g/mol. The van der Waals surface area contributed by atoms with Crippen LogP contribution in [-0.2, 0) is 0 Å². The molecule has 0 amide bonds. The molecule has 0 fully saturated rings. The Hall–Kier alpha value is -1.25. The van der Waals surface area contributed by atoms with Crippen LogP contribution in [0, 0.1) is 5.82 Å². The first-order chi connectivity index (χ1) is 5.24. The van der Waals surface area contributed by atoms with Gasteiger partial charge in [0, 0.05) is 4.91 Å². The van der Waals surface area contributed by atoms with Gasteiger partial charge in [-0.15, -0.1) is 0 Å². The molecule has 0 saturated heterocycles. The minimum Gasteiger partial charge on any atom is -0.207 e. The van der Waals surface area contributed by atoms with Crippen molar-refractivity contribution < 1.29 is 4.39 Å². The van der Waals surface area contributed by atoms with Crippen molar-refractivity contribution in [2.75, 3.05) is 0 Å². The third-order valence-corrected chi connectivity index (χ3v) is 1.38. The summed E-state index contributed by atoms with van der Waals surface area (Å²) in [6, 6.07) is 3.60. The fourth-order valence-corrected chi connectivity index (χ4v) is 0.766. The second-order valence-corrected chi connectivity index (χ2v) is 2.19. The summed E-state index contributed by atoms with van der Waals surface area (Å²) in [6.07, 6.45) is 0. The van der Waals surface area contributed by atoms with E-state index in [2.05, 4.69) is 10.0 Å². The maximum atomic E-state index is 12.4. The summed E-state index contributed by atoms with van der Waals surface area (Å²) in [6.45, 7) is 0. The molecule has 11 heavy (non-hydrogen) atoms. The lowest BCUT2D eigenvalue weighted by Gasteiger charge is -1.94. The number of hydrogen-bond donors (Lipinski definition) is 0. The summed E-state index contributed by atoms with van der Waals surface area (Å²) < 4.78 is 12.4. The molecule has 0 aliphatic carbocycles. The van der Waals surface area contributed by atoms with Crippen molar-refractivity contribution in [2.24, 2.45) is 5.11 Å². The van der Waals surface area contributed by atoms with E-state index in [-0.39, 0.29) is 10.7 Å². The molecule has 0 N–H and O–H groups in total. The summed E-state index contributed by atoms with van der Waals surface area (Å²) in [5, 5.41) is 3.42. The average Bonchev–Trinajstić information content (AvgIpc) is 1.98. The van der Waals surface area contributed by atoms with E-state index in [4.69, 9.17) is 17.1 Å². The van der Waals surface area contributed by atoms with Gasteiger partial charge in [-0.05, 0) is 23.7 Å². The van der Waals surface area contributed by atoms with Crippen LogP contribution < -0.4 is 0 Å². The Morgan fingerprint density at radius 2 is 2.27 bits per heavy atom. The summed E-state index contributed by atoms with van der Waals surface area (Å²) in [5.74, 6) is -0.475. The summed E-state index contributed by atoms with van der Waals surface area (Å²) in [4.78, 5) is 2.48. The molecule has 1 aromatic carbocycles. The van der Waals surface area contributed by atoms with Crippen molar-refractivity contribution in [1.82, 2.24) is 0 Å². The van der Waals surface area contributed by atoms with Gasteiger partial charge in [0.2, 0.25) is 0 Å². The maximum absolute atomic E-state index is 12.4. The van der Waals surface area contributed by atoms with Gasteiger partial charge in [-0.25, -0.2) is 4.39 Å². The molecule has 0 bridgehead atoms. The Labute approximate surface area is 67.0 Å². The Morgan fingerprint density at radius 1 is 1.55 bits per heavy atom. The third kappa shape index (κ3) is 1.83. The highest BCUT2D eigenvalue weighted by Gasteiger charge is 1.97. The van der Waals surface area contributed by atoms with E-state index < -0.39 is 5.82 Å². The number of nitrogens with zero attached hydrogens (tertiary/aromatic N) is 3. The molecular weight excluding hydrogens is 169 g/mol. The van der Waals surface area contributed by atoms with Crippen molar-refractivity contribution in [1.29, 1.82) is 0 Å². The van der Waals surface area contributed by atoms with Gasteiger partial charge in [-0.3, -0.25) is 0 Å². The fourth-order valence-electron chi connectivity index (χ4n) is 0.611. The number of halogens is 2. The molecule has 0 heterocycles. The van der Waals surface area contributed by atoms with Crippen molar-refractivity contribution in [3.63, 3.8) is 0 Å². The molecular formula is C6H3ClFN3. The van der Waals surface area contributed by atoms with Gasteiger partial charge in [0.05, 0.1) is 10.7 Å². The summed E-state index contributed by atoms with van der Waals surface area (Å²) in [5.41, 5.74) is 8.12. The van der Waals surface area contributed by atoms with Crippen LogP contribution in [-0.4, -0.2) is 0 Å². The lowest BCUT2D eigenvalue weighted by molar-refractivity contribution is 0.628. The minimum atomic E-state index is -0.475. The number of rotatable bonds is 1. The Balaban J connectivity index is 3.22. The van der Waals surface area contributed by atoms with Gasteiger partial charge >= 0.3 is 0 Å². The maximum Gasteiger partial charge on any atom is 0.123 e. The van der Waals surface area contributed by atoms with Crippen LogP contribution in [0.2, 0.25) is 5.02 Å². The van der Waals surface area contributed by atoms with E-state index in [1.165, 1.54) is 12.1 Å². The molecule has 0 aromatic heterocycles. The number of hydrogen-bond acceptors (Lipinski definition) is 1. The SMILES string of the molecule is [N-]=[N+]=Nc1cc(F)ccc1Cl. The summed E-state index contributed by atoms with van der Waals surface area (Å²) in [7, 11) is 0. The van der Waals surface area contributed by atoms with Crippen LogP contribution in [0.15, 0.2) is 23.3 Å². The first-order valence-corrected chi connectivity index (χ1v) is 3.12. The monoisotopic (exact) mass is 171 g/mol. The molecule has 0 aliphatic heterocycles. The number of benzene rings is 1. The molecule has 0 saturated carbocycles. The molecule has 56 valence electrons. The highest BCUT2D eigenvalue weighted by atomic mass is 35.5. The first kappa shape index (κ1) is 7.85. The van der Waals surface area contributed by atoms with Crippen molar-refractivity contribution in [2.45, 2.75) is 0 Å². The van der Waals surface area contributed by atoms with E-state index in [0.717, 1.165) is 6.07 Å². The molecule has 1 rings (SSSR count). The molecule has 3 nitrogen and oxygen atoms in total. The van der Waals surface area contributed by atoms with Crippen LogP contribution in [0.4, 0.5) is 10.1 Å². The molecule has 0 atom stereocenters. The predicted octanol–water partition coefficient (Wildman–Crippen LogP) is 3.42. The lowest BCUT2D eigenvalue weighted by atomic mass is 10.3. The predicted molar refractivity (Wildman–Crippen MR) is 40.2 cm³/mol. The van der Waals surface area contributed by atoms with Crippen molar-refractivity contribution in [3.05, 3.63) is 39.5 Å². The molecule has 5 heteroatoms. The Morgan fingerprint density at radius 3 is 2.91 bits per heavy atom. The second kappa shape index (κ2) is 3.23. The fraction of sp³-hybridized carbons (Fsp3) is 0. The molecule has 0 spiro atoms. The van der Waals surface area contributed by atoms with Gasteiger partial charge in [0.1, 0.15) is 5.82 Å². The van der Waals surface area contributed by atoms with Gasteiger partial charge in [0.15, 0.2) is 0 Å². The smallest absolute Gasteiger partial charge is 0.123 e. The highest BCUT2D eigenvalue weighted by Crippen LogP contribution is 2.25. The Kier molecular flexibility index (Phi) is 2.31. The van der Waals surface area contributed by atoms with Crippen LogP contribution in [0.3, 0.4) is 0 Å². The first-order valence-electron chi connectivity index (χ1n) is 2.74. The zero-order valence-electron chi connectivity index (χ0n) is 5.33. The van der Waals surface area contributed by atoms with Crippen LogP contribution in [0.25, 0.3) is 10.4 Å². The van der Waals surface area contributed by atoms with Gasteiger partial charge < -0.3 is 0 Å². The van der Waals surface area contributed by atoms with E-state index in [1.807, 2.05) is 0 Å². The number of azide groups is 1. The summed E-state index contributed by atoms with van der Waals surface area (Å²) >= 11 is 5.54. The second-order valence-electron chi connectivity index (χ2n) is 1.79. The van der Waals surface area contributed by atoms with Crippen molar-refractivity contribution in [3.8, 4) is 0 Å². The highest BCUT2D eigenvalue weighted by molar-refractivity contribution is 6.32. The topological polar surface area (TPSA) is 48.8 Å². The van der Waals surface area contributed by atoms with E-state index in [0.29, 0.717) is 0 Å². The lowest BCUT2D eigenvalue weighted by Crippen LogP contribution is -1.71. The Bertz CT molecular complexity index is 320. The quantitative estimate of drug-likeness (QED) is 0.353. The van der Waals surface area contributed by atoms with Crippen LogP contribution in [0.1, 0.15) is 0 Å². The van der Waals surface area contributed by atoms with Gasteiger partial charge in [-0.1, -0.05) is 16.7 Å². The van der Waals surface area contributed by atoms with E-state index in [1.54, 1.807) is 0 Å². The van der Waals surface area contributed by atoms with Crippen LogP contribution in [0.5, 0.6) is 0 Å². The van der Waals surface area contributed by atoms with Gasteiger partial charge in [0.25, 0.3) is 0 Å². The van der Waals surface area contributed by atoms with Gasteiger partial charge in [-0.2, -0.15) is 0 Å². The largest absolute Gasteiger partial charge is 0.207 e. The van der Waals surface area contributed by atoms with Crippen LogP contribution >= 0.6 is 11.6 Å². The normalized spacial score (nSPS) is 8.91. The molecule has 0 unspecified atom stereocenters. The molecule has 0 aliphatic rings. The molecule has 1 aromatic rings. The zero-order chi connectivity index (χ0) is 8.27. The van der Waals surface area contributed by atoms with E-state index >= 15 is 0 Å². The molecule has 0 radical (unpaired) electrons. The van der Waals surface area contributed by atoms with E-state index in [9.17, 15) is 4.39 Å². The van der Waals surface area contributed by atoms with Crippen molar-refractivity contribution >= 4 is 17.3 Å². The standard InChI is InChI=1S/C6H3ClFN3/c7-5-2-1-4(8)3-6(5)10-11-9/h1-3H.